The first-order chi connectivity index (χ1) is 9.92. The maximum absolute atomic E-state index is 12.3. The van der Waals surface area contributed by atoms with Crippen LogP contribution in [0.2, 0.25) is 0 Å². The van der Waals surface area contributed by atoms with Gasteiger partial charge in [-0.1, -0.05) is 17.7 Å². The van der Waals surface area contributed by atoms with Crippen molar-refractivity contribution in [3.63, 3.8) is 0 Å². The minimum Gasteiger partial charge on any atom is -0.359 e. The SMILES string of the molecule is CNC(=O)[C@@H]1CNC[C@H](NS(=O)(=O)c2ccc(C)cc2)C1. The Labute approximate surface area is 125 Å². The lowest BCUT2D eigenvalue weighted by Gasteiger charge is -2.29. The minimum atomic E-state index is -3.55. The molecular weight excluding hydrogens is 290 g/mol. The number of aryl methyl sites for hydroxylation is 1. The van der Waals surface area contributed by atoms with Crippen molar-refractivity contribution in [2.24, 2.45) is 5.92 Å². The van der Waals surface area contributed by atoms with Crippen molar-refractivity contribution in [2.45, 2.75) is 24.3 Å². The number of hydrogen-bond donors (Lipinski definition) is 3. The van der Waals surface area contributed by atoms with Crippen LogP contribution >= 0.6 is 0 Å². The van der Waals surface area contributed by atoms with E-state index in [1.165, 1.54) is 0 Å². The summed E-state index contributed by atoms with van der Waals surface area (Å²) in [6.45, 7) is 3.00. The first-order valence-electron chi connectivity index (χ1n) is 6.93. The highest BCUT2D eigenvalue weighted by atomic mass is 32.2. The second-order valence-electron chi connectivity index (χ2n) is 5.34. The van der Waals surface area contributed by atoms with Crippen LogP contribution in [0.4, 0.5) is 0 Å². The summed E-state index contributed by atoms with van der Waals surface area (Å²) >= 11 is 0. The number of nitrogens with one attached hydrogen (secondary N) is 3. The number of rotatable bonds is 4. The van der Waals surface area contributed by atoms with Crippen LogP contribution in [-0.4, -0.2) is 40.5 Å². The van der Waals surface area contributed by atoms with Crippen LogP contribution in [0.3, 0.4) is 0 Å². The van der Waals surface area contributed by atoms with Gasteiger partial charge in [0.25, 0.3) is 0 Å². The molecule has 1 fully saturated rings. The van der Waals surface area contributed by atoms with E-state index in [2.05, 4.69) is 15.4 Å². The first-order valence-corrected chi connectivity index (χ1v) is 8.42. The molecule has 7 heteroatoms. The van der Waals surface area contributed by atoms with Gasteiger partial charge in [0.15, 0.2) is 0 Å². The number of sulfonamides is 1. The molecule has 1 aromatic carbocycles. The average Bonchev–Trinajstić information content (AvgIpc) is 2.46. The summed E-state index contributed by atoms with van der Waals surface area (Å²) in [6.07, 6.45) is 0.498. The van der Waals surface area contributed by atoms with Crippen LogP contribution in [0.1, 0.15) is 12.0 Å². The zero-order valence-corrected chi connectivity index (χ0v) is 13.0. The molecule has 0 saturated carbocycles. The summed E-state index contributed by atoms with van der Waals surface area (Å²) in [5.74, 6) is -0.281. The van der Waals surface area contributed by atoms with E-state index in [0.29, 0.717) is 19.5 Å². The van der Waals surface area contributed by atoms with Crippen LogP contribution in [0.15, 0.2) is 29.2 Å². The zero-order valence-electron chi connectivity index (χ0n) is 12.2. The number of carbonyl (C=O) groups excluding carboxylic acids is 1. The lowest BCUT2D eigenvalue weighted by Crippen LogP contribution is -2.51. The topological polar surface area (TPSA) is 87.3 Å². The highest BCUT2D eigenvalue weighted by Gasteiger charge is 2.29. The van der Waals surface area contributed by atoms with E-state index in [1.807, 2.05) is 6.92 Å². The fourth-order valence-electron chi connectivity index (χ4n) is 2.44. The van der Waals surface area contributed by atoms with Gasteiger partial charge < -0.3 is 10.6 Å². The Balaban J connectivity index is 2.06. The van der Waals surface area contributed by atoms with Crippen molar-refractivity contribution in [1.29, 1.82) is 0 Å². The number of carbonyl (C=O) groups is 1. The van der Waals surface area contributed by atoms with Gasteiger partial charge >= 0.3 is 0 Å². The average molecular weight is 311 g/mol. The monoisotopic (exact) mass is 311 g/mol. The molecule has 1 aliphatic heterocycles. The number of piperidine rings is 1. The van der Waals surface area contributed by atoms with Crippen molar-refractivity contribution in [2.75, 3.05) is 20.1 Å². The molecule has 0 unspecified atom stereocenters. The molecule has 21 heavy (non-hydrogen) atoms. The molecule has 0 aromatic heterocycles. The van der Waals surface area contributed by atoms with Gasteiger partial charge in [0, 0.05) is 26.2 Å². The van der Waals surface area contributed by atoms with Gasteiger partial charge in [0.1, 0.15) is 0 Å². The van der Waals surface area contributed by atoms with Crippen LogP contribution in [0.25, 0.3) is 0 Å². The Morgan fingerprint density at radius 3 is 2.52 bits per heavy atom. The third-order valence-electron chi connectivity index (χ3n) is 3.62. The number of benzene rings is 1. The molecule has 1 saturated heterocycles. The molecule has 1 aliphatic rings. The lowest BCUT2D eigenvalue weighted by molar-refractivity contribution is -0.125. The molecule has 0 aliphatic carbocycles. The summed E-state index contributed by atoms with van der Waals surface area (Å²) < 4.78 is 27.3. The Kier molecular flexibility index (Phi) is 4.97. The lowest BCUT2D eigenvalue weighted by atomic mass is 9.96. The van der Waals surface area contributed by atoms with Crippen molar-refractivity contribution in [3.8, 4) is 0 Å². The van der Waals surface area contributed by atoms with Gasteiger partial charge in [0.2, 0.25) is 15.9 Å². The predicted octanol–water partition coefficient (Wildman–Crippen LogP) is -0.00258. The fourth-order valence-corrected chi connectivity index (χ4v) is 3.69. The summed E-state index contributed by atoms with van der Waals surface area (Å²) in [4.78, 5) is 11.9. The smallest absolute Gasteiger partial charge is 0.240 e. The van der Waals surface area contributed by atoms with Crippen molar-refractivity contribution < 1.29 is 13.2 Å². The van der Waals surface area contributed by atoms with E-state index in [1.54, 1.807) is 31.3 Å². The van der Waals surface area contributed by atoms with Gasteiger partial charge in [-0.3, -0.25) is 4.79 Å². The Morgan fingerprint density at radius 2 is 1.90 bits per heavy atom. The molecular formula is C14H21N3O3S. The molecule has 6 nitrogen and oxygen atoms in total. The second kappa shape index (κ2) is 6.55. The second-order valence-corrected chi connectivity index (χ2v) is 7.05. The maximum Gasteiger partial charge on any atom is 0.240 e. The van der Waals surface area contributed by atoms with Gasteiger partial charge in [-0.25, -0.2) is 13.1 Å². The Hall–Kier alpha value is -1.44. The highest BCUT2D eigenvalue weighted by Crippen LogP contribution is 2.15. The van der Waals surface area contributed by atoms with Crippen molar-refractivity contribution in [3.05, 3.63) is 29.8 Å². The molecule has 1 amide bonds. The predicted molar refractivity (Wildman–Crippen MR) is 80.3 cm³/mol. The largest absolute Gasteiger partial charge is 0.359 e. The van der Waals surface area contributed by atoms with Gasteiger partial charge in [-0.2, -0.15) is 0 Å². The van der Waals surface area contributed by atoms with E-state index in [9.17, 15) is 13.2 Å². The van der Waals surface area contributed by atoms with E-state index >= 15 is 0 Å². The summed E-state index contributed by atoms with van der Waals surface area (Å²) in [5.41, 5.74) is 1.01. The maximum atomic E-state index is 12.3. The molecule has 116 valence electrons. The third kappa shape index (κ3) is 4.03. The number of amides is 1. The molecule has 2 rings (SSSR count). The van der Waals surface area contributed by atoms with Crippen LogP contribution in [0.5, 0.6) is 0 Å². The Morgan fingerprint density at radius 1 is 1.24 bits per heavy atom. The number of hydrogen-bond acceptors (Lipinski definition) is 4. The van der Waals surface area contributed by atoms with Crippen LogP contribution in [0, 0.1) is 12.8 Å². The quantitative estimate of drug-likeness (QED) is 0.730. The Bertz CT molecular complexity index is 598. The molecule has 3 N–H and O–H groups in total. The van der Waals surface area contributed by atoms with Crippen molar-refractivity contribution >= 4 is 15.9 Å². The summed E-state index contributed by atoms with van der Waals surface area (Å²) in [5, 5.41) is 5.70. The third-order valence-corrected chi connectivity index (χ3v) is 5.16. The minimum absolute atomic E-state index is 0.0678. The van der Waals surface area contributed by atoms with Gasteiger partial charge in [-0.05, 0) is 25.5 Å². The molecule has 1 heterocycles. The zero-order chi connectivity index (χ0) is 15.5. The molecule has 0 radical (unpaired) electrons. The van der Waals surface area contributed by atoms with E-state index < -0.39 is 10.0 Å². The van der Waals surface area contributed by atoms with Gasteiger partial charge in [0.05, 0.1) is 10.8 Å². The molecule has 0 bridgehead atoms. The van der Waals surface area contributed by atoms with Crippen LogP contribution in [-0.2, 0) is 14.8 Å². The van der Waals surface area contributed by atoms with Gasteiger partial charge in [-0.15, -0.1) is 0 Å². The molecule has 1 aromatic rings. The molecule has 0 spiro atoms. The van der Waals surface area contributed by atoms with Crippen LogP contribution < -0.4 is 15.4 Å². The summed E-state index contributed by atoms with van der Waals surface area (Å²) in [6, 6.07) is 6.42. The standard InChI is InChI=1S/C14H21N3O3S/c1-10-3-5-13(6-4-10)21(19,20)17-12-7-11(8-16-9-12)14(18)15-2/h3-6,11-12,16-17H,7-9H2,1-2H3,(H,15,18)/t11-,12+/m0/s1. The fraction of sp³-hybridized carbons (Fsp3) is 0.500. The molecule has 2 atom stereocenters. The summed E-state index contributed by atoms with van der Waals surface area (Å²) in [7, 11) is -1.97. The highest BCUT2D eigenvalue weighted by molar-refractivity contribution is 7.89. The van der Waals surface area contributed by atoms with Crippen molar-refractivity contribution in [1.82, 2.24) is 15.4 Å². The van der Waals surface area contributed by atoms with E-state index in [4.69, 9.17) is 0 Å². The first kappa shape index (κ1) is 15.9. The van der Waals surface area contributed by atoms with E-state index in [0.717, 1.165) is 5.56 Å². The normalized spacial score (nSPS) is 22.8. The van der Waals surface area contributed by atoms with E-state index in [-0.39, 0.29) is 22.8 Å².